The summed E-state index contributed by atoms with van der Waals surface area (Å²) in [6.45, 7) is 2.03. The molecule has 0 heterocycles. The van der Waals surface area contributed by atoms with Crippen LogP contribution in [0.3, 0.4) is 0 Å². The second-order valence-corrected chi connectivity index (χ2v) is 4.96. The summed E-state index contributed by atoms with van der Waals surface area (Å²) >= 11 is 0. The van der Waals surface area contributed by atoms with E-state index in [-0.39, 0.29) is 17.6 Å². The first-order valence-corrected chi connectivity index (χ1v) is 6.79. The van der Waals surface area contributed by atoms with Crippen LogP contribution in [0.4, 0.5) is 8.78 Å². The fourth-order valence-electron chi connectivity index (χ4n) is 2.36. The van der Waals surface area contributed by atoms with E-state index in [2.05, 4.69) is 0 Å². The summed E-state index contributed by atoms with van der Waals surface area (Å²) in [4.78, 5) is 0. The maximum absolute atomic E-state index is 12.9. The van der Waals surface area contributed by atoms with E-state index in [0.717, 1.165) is 12.0 Å². The normalized spacial score (nSPS) is 14.0. The quantitative estimate of drug-likeness (QED) is 0.847. The summed E-state index contributed by atoms with van der Waals surface area (Å²) in [7, 11) is 0. The Hall–Kier alpha value is -1.74. The molecule has 2 aromatic rings. The van der Waals surface area contributed by atoms with Crippen LogP contribution < -0.4 is 0 Å². The van der Waals surface area contributed by atoms with Crippen LogP contribution in [0.1, 0.15) is 42.9 Å². The minimum Gasteiger partial charge on any atom is -0.388 e. The molecule has 0 radical (unpaired) electrons. The molecule has 0 amide bonds. The predicted octanol–water partition coefficient (Wildman–Crippen LogP) is 4.58. The van der Waals surface area contributed by atoms with Gasteiger partial charge in [-0.1, -0.05) is 31.2 Å². The Morgan fingerprint density at radius 1 is 0.850 bits per heavy atom. The molecule has 0 aliphatic heterocycles. The highest BCUT2D eigenvalue weighted by molar-refractivity contribution is 5.23. The highest BCUT2D eigenvalue weighted by Gasteiger charge is 2.16. The second-order valence-electron chi connectivity index (χ2n) is 4.96. The molecule has 0 bridgehead atoms. The minimum absolute atomic E-state index is 0.149. The first kappa shape index (κ1) is 14.7. The average molecular weight is 276 g/mol. The van der Waals surface area contributed by atoms with E-state index >= 15 is 0 Å². The van der Waals surface area contributed by atoms with E-state index in [1.807, 2.05) is 6.92 Å². The summed E-state index contributed by atoms with van der Waals surface area (Å²) < 4.78 is 25.8. The van der Waals surface area contributed by atoms with Crippen molar-refractivity contribution in [3.8, 4) is 0 Å². The van der Waals surface area contributed by atoms with Crippen molar-refractivity contribution in [2.45, 2.75) is 31.8 Å². The van der Waals surface area contributed by atoms with Gasteiger partial charge in [-0.25, -0.2) is 8.78 Å². The minimum atomic E-state index is -0.648. The van der Waals surface area contributed by atoms with Crippen molar-refractivity contribution < 1.29 is 13.9 Å². The van der Waals surface area contributed by atoms with Gasteiger partial charge in [0, 0.05) is 0 Å². The van der Waals surface area contributed by atoms with Crippen molar-refractivity contribution in [1.29, 1.82) is 0 Å². The topological polar surface area (TPSA) is 20.2 Å². The van der Waals surface area contributed by atoms with Crippen molar-refractivity contribution in [2.75, 3.05) is 0 Å². The Bertz CT molecular complexity index is 534. The molecule has 0 fully saturated rings. The number of rotatable bonds is 5. The van der Waals surface area contributed by atoms with E-state index < -0.39 is 6.10 Å². The van der Waals surface area contributed by atoms with Crippen LogP contribution in [-0.2, 0) is 0 Å². The van der Waals surface area contributed by atoms with Gasteiger partial charge in [0.1, 0.15) is 11.6 Å². The van der Waals surface area contributed by atoms with Crippen molar-refractivity contribution in [1.82, 2.24) is 0 Å². The first-order valence-electron chi connectivity index (χ1n) is 6.79. The maximum atomic E-state index is 12.9. The Morgan fingerprint density at radius 3 is 1.75 bits per heavy atom. The lowest BCUT2D eigenvalue weighted by Gasteiger charge is -2.19. The van der Waals surface area contributed by atoms with Gasteiger partial charge in [0.05, 0.1) is 6.10 Å². The van der Waals surface area contributed by atoms with Gasteiger partial charge in [-0.2, -0.15) is 0 Å². The Labute approximate surface area is 117 Å². The lowest BCUT2D eigenvalue weighted by Crippen LogP contribution is -2.06. The number of aliphatic hydroxyl groups is 1. The molecular formula is C17H18F2O. The second kappa shape index (κ2) is 6.62. The van der Waals surface area contributed by atoms with Gasteiger partial charge in [-0.3, -0.25) is 0 Å². The monoisotopic (exact) mass is 276 g/mol. The molecule has 0 saturated heterocycles. The SMILES string of the molecule is CC[C@H](C[C@H](O)c1ccc(F)cc1)c1ccc(F)cc1. The number of halogens is 2. The lowest BCUT2D eigenvalue weighted by atomic mass is 9.89. The van der Waals surface area contributed by atoms with E-state index in [1.165, 1.54) is 24.3 Å². The molecule has 0 unspecified atom stereocenters. The van der Waals surface area contributed by atoms with Crippen LogP contribution >= 0.6 is 0 Å². The van der Waals surface area contributed by atoms with Crippen LogP contribution in [0.25, 0.3) is 0 Å². The fourth-order valence-corrected chi connectivity index (χ4v) is 2.36. The van der Waals surface area contributed by atoms with Crippen LogP contribution in [0, 0.1) is 11.6 Å². The van der Waals surface area contributed by atoms with Gasteiger partial charge in [-0.15, -0.1) is 0 Å². The van der Waals surface area contributed by atoms with Gasteiger partial charge in [0.25, 0.3) is 0 Å². The molecule has 106 valence electrons. The third-order valence-electron chi connectivity index (χ3n) is 3.60. The molecule has 2 rings (SSSR count). The smallest absolute Gasteiger partial charge is 0.123 e. The van der Waals surface area contributed by atoms with E-state index in [4.69, 9.17) is 0 Å². The zero-order valence-electron chi connectivity index (χ0n) is 11.4. The molecule has 2 atom stereocenters. The van der Waals surface area contributed by atoms with Crippen LogP contribution in [0.2, 0.25) is 0 Å². The third-order valence-corrected chi connectivity index (χ3v) is 3.60. The highest BCUT2D eigenvalue weighted by Crippen LogP contribution is 2.30. The molecule has 20 heavy (non-hydrogen) atoms. The molecule has 0 aliphatic carbocycles. The zero-order valence-corrected chi connectivity index (χ0v) is 11.4. The van der Waals surface area contributed by atoms with E-state index in [0.29, 0.717) is 12.0 Å². The molecule has 1 N–H and O–H groups in total. The number of hydrogen-bond acceptors (Lipinski definition) is 1. The molecule has 0 aromatic heterocycles. The number of aliphatic hydroxyl groups excluding tert-OH is 1. The third kappa shape index (κ3) is 3.64. The summed E-state index contributed by atoms with van der Waals surface area (Å²) in [6, 6.07) is 12.2. The van der Waals surface area contributed by atoms with Gasteiger partial charge in [-0.05, 0) is 54.2 Å². The summed E-state index contributed by atoms with van der Waals surface area (Å²) in [5.74, 6) is -0.426. The van der Waals surface area contributed by atoms with Crippen LogP contribution in [0.15, 0.2) is 48.5 Å². The van der Waals surface area contributed by atoms with Gasteiger partial charge in [0.15, 0.2) is 0 Å². The molecule has 1 nitrogen and oxygen atoms in total. The van der Waals surface area contributed by atoms with Crippen LogP contribution in [0.5, 0.6) is 0 Å². The number of hydrogen-bond donors (Lipinski definition) is 1. The molecule has 0 aliphatic rings. The van der Waals surface area contributed by atoms with Gasteiger partial charge >= 0.3 is 0 Å². The summed E-state index contributed by atoms with van der Waals surface area (Å²) in [5, 5.41) is 10.2. The predicted molar refractivity (Wildman–Crippen MR) is 75.4 cm³/mol. The lowest BCUT2D eigenvalue weighted by molar-refractivity contribution is 0.156. The van der Waals surface area contributed by atoms with Crippen molar-refractivity contribution in [3.05, 3.63) is 71.3 Å². The molecular weight excluding hydrogens is 258 g/mol. The summed E-state index contributed by atoms with van der Waals surface area (Å²) in [5.41, 5.74) is 1.71. The van der Waals surface area contributed by atoms with Gasteiger partial charge < -0.3 is 5.11 Å². The number of benzene rings is 2. The molecule has 0 saturated carbocycles. The van der Waals surface area contributed by atoms with Crippen LogP contribution in [-0.4, -0.2) is 5.11 Å². The Morgan fingerprint density at radius 2 is 1.30 bits per heavy atom. The van der Waals surface area contributed by atoms with Crippen molar-refractivity contribution >= 4 is 0 Å². The maximum Gasteiger partial charge on any atom is 0.123 e. The summed E-state index contributed by atoms with van der Waals surface area (Å²) in [6.07, 6.45) is 0.739. The fraction of sp³-hybridized carbons (Fsp3) is 0.294. The van der Waals surface area contributed by atoms with Crippen molar-refractivity contribution in [3.63, 3.8) is 0 Å². The average Bonchev–Trinajstić information content (AvgIpc) is 2.46. The molecule has 0 spiro atoms. The highest BCUT2D eigenvalue weighted by atomic mass is 19.1. The Balaban J connectivity index is 2.09. The van der Waals surface area contributed by atoms with Crippen molar-refractivity contribution in [2.24, 2.45) is 0 Å². The first-order chi connectivity index (χ1) is 9.60. The standard InChI is InChI=1S/C17H18F2O/c1-2-12(13-3-7-15(18)8-4-13)11-17(20)14-5-9-16(19)10-6-14/h3-10,12,17,20H,2,11H2,1H3/t12-,17+/m1/s1. The zero-order chi connectivity index (χ0) is 14.5. The van der Waals surface area contributed by atoms with Gasteiger partial charge in [0.2, 0.25) is 0 Å². The molecule has 3 heteroatoms. The molecule has 2 aromatic carbocycles. The Kier molecular flexibility index (Phi) is 4.85. The van der Waals surface area contributed by atoms with E-state index in [1.54, 1.807) is 24.3 Å². The van der Waals surface area contributed by atoms with E-state index in [9.17, 15) is 13.9 Å². The largest absolute Gasteiger partial charge is 0.388 e.